The lowest BCUT2D eigenvalue weighted by Gasteiger charge is -2.43. The van der Waals surface area contributed by atoms with Crippen LogP contribution in [0.3, 0.4) is 0 Å². The molecule has 1 aliphatic heterocycles. The van der Waals surface area contributed by atoms with Gasteiger partial charge in [0.15, 0.2) is 0 Å². The minimum Gasteiger partial charge on any atom is -0.389 e. The molecule has 0 unspecified atom stereocenters. The molecule has 1 N–H and O–H groups in total. The number of hydrogen-bond acceptors (Lipinski definition) is 6. The van der Waals surface area contributed by atoms with Crippen LogP contribution in [0.1, 0.15) is 35.1 Å². The number of carbonyl (C=O) groups is 1. The molecule has 0 aromatic carbocycles. The Morgan fingerprint density at radius 1 is 1.65 bits per heavy atom. The van der Waals surface area contributed by atoms with E-state index < -0.39 is 5.60 Å². The number of rotatable bonds is 4. The summed E-state index contributed by atoms with van der Waals surface area (Å²) >= 11 is 1.13. The zero-order valence-corrected chi connectivity index (χ0v) is 12.9. The Bertz CT molecular complexity index is 479. The summed E-state index contributed by atoms with van der Waals surface area (Å²) in [6, 6.07) is 0. The number of piperidine rings is 1. The lowest BCUT2D eigenvalue weighted by atomic mass is 9.80. The highest BCUT2D eigenvalue weighted by Gasteiger charge is 2.40. The summed E-state index contributed by atoms with van der Waals surface area (Å²) in [5.41, 5.74) is -0.0683. The smallest absolute Gasteiger partial charge is 0.267 e. The van der Waals surface area contributed by atoms with E-state index in [1.54, 1.807) is 18.9 Å². The van der Waals surface area contributed by atoms with E-state index in [1.165, 1.54) is 0 Å². The van der Waals surface area contributed by atoms with Crippen LogP contribution in [-0.2, 0) is 4.74 Å². The van der Waals surface area contributed by atoms with Crippen LogP contribution in [0.15, 0.2) is 0 Å². The lowest BCUT2D eigenvalue weighted by Crippen LogP contribution is -2.52. The third kappa shape index (κ3) is 2.99. The Kier molecular flexibility index (Phi) is 4.72. The zero-order chi connectivity index (χ0) is 14.8. The first-order valence-corrected chi connectivity index (χ1v) is 7.55. The number of likely N-dealkylation sites (tertiary alicyclic amines) is 1. The fourth-order valence-corrected chi connectivity index (χ4v) is 3.20. The van der Waals surface area contributed by atoms with Crippen molar-refractivity contribution in [1.82, 2.24) is 14.5 Å². The van der Waals surface area contributed by atoms with Crippen molar-refractivity contribution in [2.75, 3.05) is 26.8 Å². The molecule has 0 saturated carbocycles. The Morgan fingerprint density at radius 2 is 2.40 bits per heavy atom. The van der Waals surface area contributed by atoms with Crippen LogP contribution >= 0.6 is 11.5 Å². The number of aromatic nitrogens is 2. The van der Waals surface area contributed by atoms with Gasteiger partial charge in [-0.05, 0) is 31.3 Å². The quantitative estimate of drug-likeness (QED) is 0.901. The standard InChI is InChI=1S/C13H21N3O3S/c1-9-8-16(6-4-13(9,18)5-7-19-3)12(17)11-10(2)14-15-20-11/h9,18H,4-8H2,1-3H3/t9-,13-/m1/s1. The Morgan fingerprint density at radius 3 is 2.95 bits per heavy atom. The molecule has 0 radical (unpaired) electrons. The van der Waals surface area contributed by atoms with Crippen LogP contribution in [0.4, 0.5) is 0 Å². The zero-order valence-electron chi connectivity index (χ0n) is 12.1. The summed E-state index contributed by atoms with van der Waals surface area (Å²) in [5, 5.41) is 14.5. The molecule has 20 heavy (non-hydrogen) atoms. The van der Waals surface area contributed by atoms with Gasteiger partial charge in [0.05, 0.1) is 11.3 Å². The number of aryl methyl sites for hydroxylation is 1. The van der Waals surface area contributed by atoms with Crippen molar-refractivity contribution < 1.29 is 14.6 Å². The van der Waals surface area contributed by atoms with Crippen LogP contribution in [0, 0.1) is 12.8 Å². The minimum absolute atomic E-state index is 0.0246. The maximum atomic E-state index is 12.4. The predicted octanol–water partition coefficient (Wildman–Crippen LogP) is 1.10. The van der Waals surface area contributed by atoms with E-state index in [-0.39, 0.29) is 11.8 Å². The van der Waals surface area contributed by atoms with E-state index in [9.17, 15) is 9.90 Å². The average molecular weight is 299 g/mol. The molecule has 2 atom stereocenters. The first kappa shape index (κ1) is 15.3. The molecule has 1 aromatic heterocycles. The normalized spacial score (nSPS) is 26.8. The van der Waals surface area contributed by atoms with E-state index in [2.05, 4.69) is 9.59 Å². The van der Waals surface area contributed by atoms with Crippen LogP contribution in [0.2, 0.25) is 0 Å². The molecule has 2 rings (SSSR count). The number of amides is 1. The topological polar surface area (TPSA) is 75.6 Å². The molecule has 1 aliphatic rings. The van der Waals surface area contributed by atoms with Gasteiger partial charge in [-0.1, -0.05) is 11.4 Å². The van der Waals surface area contributed by atoms with Gasteiger partial charge in [-0.25, -0.2) is 0 Å². The summed E-state index contributed by atoms with van der Waals surface area (Å²) in [5.74, 6) is -0.00493. The minimum atomic E-state index is -0.742. The van der Waals surface area contributed by atoms with Gasteiger partial charge in [0.1, 0.15) is 4.88 Å². The lowest BCUT2D eigenvalue weighted by molar-refractivity contribution is -0.0749. The number of ether oxygens (including phenoxy) is 1. The van der Waals surface area contributed by atoms with Crippen molar-refractivity contribution in [1.29, 1.82) is 0 Å². The molecule has 1 amide bonds. The van der Waals surface area contributed by atoms with Gasteiger partial charge in [0.2, 0.25) is 0 Å². The summed E-state index contributed by atoms with van der Waals surface area (Å²) < 4.78 is 8.86. The number of hydrogen-bond donors (Lipinski definition) is 1. The highest BCUT2D eigenvalue weighted by molar-refractivity contribution is 7.07. The van der Waals surface area contributed by atoms with Gasteiger partial charge in [0, 0.05) is 32.7 Å². The predicted molar refractivity (Wildman–Crippen MR) is 75.8 cm³/mol. The molecule has 1 fully saturated rings. The first-order valence-electron chi connectivity index (χ1n) is 6.77. The van der Waals surface area contributed by atoms with E-state index in [1.807, 2.05) is 6.92 Å². The van der Waals surface area contributed by atoms with E-state index in [4.69, 9.17) is 4.74 Å². The summed E-state index contributed by atoms with van der Waals surface area (Å²) in [6.45, 7) is 5.41. The fraction of sp³-hybridized carbons (Fsp3) is 0.769. The second-order valence-electron chi connectivity index (χ2n) is 5.44. The van der Waals surface area contributed by atoms with Crippen LogP contribution < -0.4 is 0 Å². The molecule has 1 saturated heterocycles. The van der Waals surface area contributed by atoms with Gasteiger partial charge in [-0.15, -0.1) is 5.10 Å². The number of methoxy groups -OCH3 is 1. The van der Waals surface area contributed by atoms with E-state index in [0.717, 1.165) is 11.5 Å². The van der Waals surface area contributed by atoms with E-state index >= 15 is 0 Å². The fourth-order valence-electron chi connectivity index (χ4n) is 2.57. The van der Waals surface area contributed by atoms with Crippen molar-refractivity contribution in [3.63, 3.8) is 0 Å². The monoisotopic (exact) mass is 299 g/mol. The van der Waals surface area contributed by atoms with Crippen molar-refractivity contribution in [2.45, 2.75) is 32.3 Å². The van der Waals surface area contributed by atoms with Crippen molar-refractivity contribution in [3.05, 3.63) is 10.6 Å². The molecule has 2 heterocycles. The van der Waals surface area contributed by atoms with Crippen LogP contribution in [-0.4, -0.2) is 57.9 Å². The Hall–Kier alpha value is -1.05. The highest BCUT2D eigenvalue weighted by atomic mass is 32.1. The third-order valence-electron chi connectivity index (χ3n) is 4.10. The molecule has 6 nitrogen and oxygen atoms in total. The first-order chi connectivity index (χ1) is 9.48. The SMILES string of the molecule is COCC[C@]1(O)CCN(C(=O)c2snnc2C)C[C@H]1C. The van der Waals surface area contributed by atoms with Gasteiger partial charge >= 0.3 is 0 Å². The van der Waals surface area contributed by atoms with Crippen LogP contribution in [0.5, 0.6) is 0 Å². The summed E-state index contributed by atoms with van der Waals surface area (Å²) in [6.07, 6.45) is 1.18. The number of aliphatic hydroxyl groups is 1. The summed E-state index contributed by atoms with van der Waals surface area (Å²) in [4.78, 5) is 14.8. The van der Waals surface area contributed by atoms with Gasteiger partial charge in [-0.2, -0.15) is 0 Å². The molecular weight excluding hydrogens is 278 g/mol. The molecular formula is C13H21N3O3S. The highest BCUT2D eigenvalue weighted by Crippen LogP contribution is 2.32. The summed E-state index contributed by atoms with van der Waals surface area (Å²) in [7, 11) is 1.63. The van der Waals surface area contributed by atoms with E-state index in [0.29, 0.717) is 43.1 Å². The molecule has 0 aliphatic carbocycles. The third-order valence-corrected chi connectivity index (χ3v) is 4.91. The second kappa shape index (κ2) is 6.15. The van der Waals surface area contributed by atoms with Gasteiger partial charge < -0.3 is 14.7 Å². The largest absolute Gasteiger partial charge is 0.389 e. The van der Waals surface area contributed by atoms with Gasteiger partial charge in [-0.3, -0.25) is 4.79 Å². The average Bonchev–Trinajstić information content (AvgIpc) is 2.85. The van der Waals surface area contributed by atoms with Gasteiger partial charge in [0.25, 0.3) is 5.91 Å². The molecule has 1 aromatic rings. The Labute approximate surface area is 122 Å². The number of carbonyl (C=O) groups excluding carboxylic acids is 1. The maximum absolute atomic E-state index is 12.4. The van der Waals surface area contributed by atoms with Crippen molar-refractivity contribution >= 4 is 17.4 Å². The molecule has 7 heteroatoms. The van der Waals surface area contributed by atoms with Crippen LogP contribution in [0.25, 0.3) is 0 Å². The number of nitrogens with zero attached hydrogens (tertiary/aromatic N) is 3. The molecule has 0 spiro atoms. The maximum Gasteiger partial charge on any atom is 0.267 e. The Balaban J connectivity index is 2.02. The van der Waals surface area contributed by atoms with Crippen molar-refractivity contribution in [2.24, 2.45) is 5.92 Å². The van der Waals surface area contributed by atoms with Crippen molar-refractivity contribution in [3.8, 4) is 0 Å². The molecule has 112 valence electrons. The second-order valence-corrected chi connectivity index (χ2v) is 6.19. The molecule has 0 bridgehead atoms.